The van der Waals surface area contributed by atoms with E-state index in [9.17, 15) is 14.4 Å². The lowest BCUT2D eigenvalue weighted by Crippen LogP contribution is -2.32. The minimum Gasteiger partial charge on any atom is -0.492 e. The van der Waals surface area contributed by atoms with Gasteiger partial charge in [-0.25, -0.2) is 9.69 Å². The molecule has 0 spiro atoms. The van der Waals surface area contributed by atoms with E-state index in [0.29, 0.717) is 28.8 Å². The number of benzene rings is 3. The lowest BCUT2D eigenvalue weighted by atomic mass is 10.2. The number of amides is 2. The quantitative estimate of drug-likeness (QED) is 0.227. The molecule has 178 valence electrons. The summed E-state index contributed by atoms with van der Waals surface area (Å²) in [5.41, 5.74) is 0.868. The molecule has 0 unspecified atom stereocenters. The monoisotopic (exact) mass is 530 g/mol. The van der Waals surface area contributed by atoms with Crippen molar-refractivity contribution in [2.24, 2.45) is 0 Å². The number of imide groups is 1. The largest absolute Gasteiger partial charge is 0.492 e. The zero-order valence-electron chi connectivity index (χ0n) is 18.2. The lowest BCUT2D eigenvalue weighted by molar-refractivity contribution is -0.120. The van der Waals surface area contributed by atoms with Gasteiger partial charge in [-0.15, -0.1) is 0 Å². The van der Waals surface area contributed by atoms with E-state index < -0.39 is 17.8 Å². The highest BCUT2D eigenvalue weighted by Crippen LogP contribution is 2.35. The van der Waals surface area contributed by atoms with Gasteiger partial charge in [0.1, 0.15) is 22.2 Å². The molecule has 1 N–H and O–H groups in total. The fourth-order valence-electron chi connectivity index (χ4n) is 3.30. The maximum atomic E-state index is 13.1. The highest BCUT2D eigenvalue weighted by Gasteiger charge is 2.40. The minimum atomic E-state index is -0.675. The average Bonchev–Trinajstić information content (AvgIpc) is 3.05. The number of esters is 1. The molecule has 1 heterocycles. The highest BCUT2D eigenvalue weighted by atomic mass is 35.5. The molecule has 3 aromatic carbocycles. The third kappa shape index (κ3) is 5.12. The number of halogens is 3. The van der Waals surface area contributed by atoms with Gasteiger partial charge in [-0.3, -0.25) is 9.59 Å². The number of para-hydroxylation sites is 2. The van der Waals surface area contributed by atoms with E-state index in [4.69, 9.17) is 44.3 Å². The fourth-order valence-corrected chi connectivity index (χ4v) is 3.96. The Balaban J connectivity index is 1.50. The summed E-state index contributed by atoms with van der Waals surface area (Å²) in [6, 6.07) is 17.3. The van der Waals surface area contributed by atoms with Crippen LogP contribution >= 0.6 is 34.8 Å². The molecule has 1 aliphatic rings. The van der Waals surface area contributed by atoms with Crippen molar-refractivity contribution < 1.29 is 23.9 Å². The van der Waals surface area contributed by atoms with E-state index in [0.717, 1.165) is 4.90 Å². The Bertz CT molecular complexity index is 1360. The first-order chi connectivity index (χ1) is 16.8. The van der Waals surface area contributed by atoms with Crippen molar-refractivity contribution in [3.05, 3.63) is 93.1 Å². The first-order valence-corrected chi connectivity index (χ1v) is 11.5. The number of anilines is 2. The molecule has 3 aromatic rings. The van der Waals surface area contributed by atoms with Crippen molar-refractivity contribution in [1.29, 1.82) is 0 Å². The molecule has 1 aliphatic heterocycles. The molecule has 0 saturated heterocycles. The van der Waals surface area contributed by atoms with Gasteiger partial charge in [0, 0.05) is 10.7 Å². The number of hydrogen-bond acceptors (Lipinski definition) is 6. The second-order valence-corrected chi connectivity index (χ2v) is 8.42. The summed E-state index contributed by atoms with van der Waals surface area (Å²) < 4.78 is 10.8. The van der Waals surface area contributed by atoms with Crippen LogP contribution in [-0.2, 0) is 9.59 Å². The second-order valence-electron chi connectivity index (χ2n) is 7.20. The normalized spacial score (nSPS) is 13.3. The third-order valence-electron chi connectivity index (χ3n) is 4.92. The van der Waals surface area contributed by atoms with Gasteiger partial charge in [-0.1, -0.05) is 46.9 Å². The molecule has 35 heavy (non-hydrogen) atoms. The second kappa shape index (κ2) is 10.4. The summed E-state index contributed by atoms with van der Waals surface area (Å²) in [6.45, 7) is 2.16. The van der Waals surface area contributed by atoms with E-state index >= 15 is 0 Å². The van der Waals surface area contributed by atoms with Crippen LogP contribution in [0.2, 0.25) is 10.0 Å². The molecular formula is C25H17Cl3N2O5. The average molecular weight is 532 g/mol. The van der Waals surface area contributed by atoms with E-state index in [1.165, 1.54) is 24.3 Å². The smallest absolute Gasteiger partial charge is 0.343 e. The zero-order chi connectivity index (χ0) is 25.1. The molecule has 2 amide bonds. The SMILES string of the molecule is CCOc1ccccc1N1C(=O)C(Cl)=C(Nc2ccc(C(=O)Oc3ccc(Cl)cc3Cl)cc2)C1=O. The molecular weight excluding hydrogens is 515 g/mol. The van der Waals surface area contributed by atoms with Gasteiger partial charge < -0.3 is 14.8 Å². The molecule has 0 radical (unpaired) electrons. The molecule has 0 saturated carbocycles. The Morgan fingerprint density at radius 2 is 1.63 bits per heavy atom. The van der Waals surface area contributed by atoms with Crippen molar-refractivity contribution >= 4 is 64.0 Å². The molecule has 0 aromatic heterocycles. The van der Waals surface area contributed by atoms with Crippen LogP contribution in [-0.4, -0.2) is 24.4 Å². The van der Waals surface area contributed by atoms with Crippen LogP contribution in [0.25, 0.3) is 0 Å². The minimum absolute atomic E-state index is 0.0914. The maximum Gasteiger partial charge on any atom is 0.343 e. The van der Waals surface area contributed by atoms with Crippen molar-refractivity contribution in [3.8, 4) is 11.5 Å². The Hall–Kier alpha value is -3.52. The number of carbonyl (C=O) groups is 3. The van der Waals surface area contributed by atoms with Gasteiger partial charge >= 0.3 is 5.97 Å². The summed E-state index contributed by atoms with van der Waals surface area (Å²) in [5.74, 6) is -1.39. The Morgan fingerprint density at radius 1 is 0.914 bits per heavy atom. The Labute approximate surface area is 215 Å². The predicted molar refractivity (Wildman–Crippen MR) is 134 cm³/mol. The topological polar surface area (TPSA) is 84.9 Å². The highest BCUT2D eigenvalue weighted by molar-refractivity contribution is 6.53. The number of hydrogen-bond donors (Lipinski definition) is 1. The van der Waals surface area contributed by atoms with Crippen LogP contribution in [0.3, 0.4) is 0 Å². The Kier molecular flexibility index (Phi) is 7.31. The molecule has 7 nitrogen and oxygen atoms in total. The van der Waals surface area contributed by atoms with Gasteiger partial charge in [-0.2, -0.15) is 0 Å². The van der Waals surface area contributed by atoms with Crippen molar-refractivity contribution in [2.45, 2.75) is 6.92 Å². The maximum absolute atomic E-state index is 13.1. The number of rotatable bonds is 7. The third-order valence-corrected chi connectivity index (χ3v) is 5.80. The molecule has 10 heteroatoms. The Morgan fingerprint density at radius 3 is 2.31 bits per heavy atom. The summed E-state index contributed by atoms with van der Waals surface area (Å²) >= 11 is 18.1. The van der Waals surface area contributed by atoms with Crippen LogP contribution in [0.4, 0.5) is 11.4 Å². The van der Waals surface area contributed by atoms with Gasteiger partial charge in [0.25, 0.3) is 11.8 Å². The van der Waals surface area contributed by atoms with Crippen LogP contribution < -0.4 is 19.7 Å². The van der Waals surface area contributed by atoms with E-state index in [-0.39, 0.29) is 27.1 Å². The molecule has 0 fully saturated rings. The van der Waals surface area contributed by atoms with Crippen LogP contribution in [0.1, 0.15) is 17.3 Å². The van der Waals surface area contributed by atoms with Crippen LogP contribution in [0.15, 0.2) is 77.5 Å². The van der Waals surface area contributed by atoms with Crippen molar-refractivity contribution in [1.82, 2.24) is 0 Å². The first kappa shape index (κ1) is 24.6. The van der Waals surface area contributed by atoms with Gasteiger partial charge in [0.05, 0.1) is 22.9 Å². The van der Waals surface area contributed by atoms with Crippen LogP contribution in [0.5, 0.6) is 11.5 Å². The standard InChI is InChI=1S/C25H17Cl3N2O5/c1-2-34-20-6-4-3-5-18(20)30-23(31)21(28)22(24(30)32)29-16-10-7-14(8-11-16)25(33)35-19-12-9-15(26)13-17(19)27/h3-13,29H,2H2,1H3. The van der Waals surface area contributed by atoms with Crippen molar-refractivity contribution in [2.75, 3.05) is 16.8 Å². The van der Waals surface area contributed by atoms with E-state index in [1.54, 1.807) is 49.4 Å². The number of nitrogens with one attached hydrogen (secondary N) is 1. The fraction of sp³-hybridized carbons (Fsp3) is 0.0800. The number of carbonyl (C=O) groups excluding carboxylic acids is 3. The molecule has 0 atom stereocenters. The molecule has 0 bridgehead atoms. The summed E-state index contributed by atoms with van der Waals surface area (Å²) in [5, 5.41) is 3.21. The predicted octanol–water partition coefficient (Wildman–Crippen LogP) is 6.05. The van der Waals surface area contributed by atoms with Gasteiger partial charge in [0.2, 0.25) is 0 Å². The summed E-state index contributed by atoms with van der Waals surface area (Å²) in [4.78, 5) is 39.3. The van der Waals surface area contributed by atoms with Crippen molar-refractivity contribution in [3.63, 3.8) is 0 Å². The van der Waals surface area contributed by atoms with Gasteiger partial charge in [-0.05, 0) is 61.5 Å². The van der Waals surface area contributed by atoms with E-state index in [1.807, 2.05) is 0 Å². The molecule has 0 aliphatic carbocycles. The first-order valence-electron chi connectivity index (χ1n) is 10.3. The number of ether oxygens (including phenoxy) is 2. The summed E-state index contributed by atoms with van der Waals surface area (Å²) in [6.07, 6.45) is 0. The number of nitrogens with zero attached hydrogens (tertiary/aromatic N) is 1. The summed E-state index contributed by atoms with van der Waals surface area (Å²) in [7, 11) is 0. The van der Waals surface area contributed by atoms with Crippen LogP contribution in [0, 0.1) is 0 Å². The van der Waals surface area contributed by atoms with E-state index in [2.05, 4.69) is 5.32 Å². The zero-order valence-corrected chi connectivity index (χ0v) is 20.4. The lowest BCUT2D eigenvalue weighted by Gasteiger charge is -2.18. The van der Waals surface area contributed by atoms with Gasteiger partial charge in [0.15, 0.2) is 0 Å². The molecule has 4 rings (SSSR count).